The summed E-state index contributed by atoms with van der Waals surface area (Å²) in [6.07, 6.45) is 5.78. The van der Waals surface area contributed by atoms with Crippen molar-refractivity contribution in [2.24, 2.45) is 11.8 Å². The molecule has 2 amide bonds. The van der Waals surface area contributed by atoms with Crippen LogP contribution in [0.1, 0.15) is 53.0 Å². The van der Waals surface area contributed by atoms with Crippen LogP contribution in [-0.2, 0) is 4.79 Å². The monoisotopic (exact) mass is 573 g/mol. The van der Waals surface area contributed by atoms with E-state index in [2.05, 4.69) is 20.5 Å². The van der Waals surface area contributed by atoms with Crippen molar-refractivity contribution in [2.45, 2.75) is 31.2 Å². The van der Waals surface area contributed by atoms with Crippen molar-refractivity contribution in [3.05, 3.63) is 83.4 Å². The molecule has 2 aromatic carbocycles. The lowest BCUT2D eigenvalue weighted by atomic mass is 9.89. The molecule has 2 saturated heterocycles. The zero-order valence-electron chi connectivity index (χ0n) is 22.7. The van der Waals surface area contributed by atoms with Gasteiger partial charge in [-0.25, -0.2) is 13.8 Å². The van der Waals surface area contributed by atoms with Gasteiger partial charge in [-0.2, -0.15) is 0 Å². The van der Waals surface area contributed by atoms with E-state index in [-0.39, 0.29) is 23.7 Å². The van der Waals surface area contributed by atoms with Crippen LogP contribution < -0.4 is 10.2 Å². The van der Waals surface area contributed by atoms with Crippen LogP contribution in [-0.4, -0.2) is 67.6 Å². The summed E-state index contributed by atoms with van der Waals surface area (Å²) in [6, 6.07) is 10.8. The average Bonchev–Trinajstić information content (AvgIpc) is 3.47. The summed E-state index contributed by atoms with van der Waals surface area (Å²) in [5.74, 6) is -0.0939. The lowest BCUT2D eigenvalue weighted by Gasteiger charge is -2.32. The molecule has 1 aliphatic carbocycles. The Morgan fingerprint density at radius 3 is 2.60 bits per heavy atom. The molecule has 2 aliphatic heterocycles. The number of carbonyl (C=O) groups is 2. The first-order valence-corrected chi connectivity index (χ1v) is 14.1. The summed E-state index contributed by atoms with van der Waals surface area (Å²) in [4.78, 5) is 33.1. The van der Waals surface area contributed by atoms with Crippen LogP contribution in [0.15, 0.2) is 54.9 Å². The van der Waals surface area contributed by atoms with Gasteiger partial charge in [-0.1, -0.05) is 12.1 Å². The van der Waals surface area contributed by atoms with Crippen LogP contribution in [0.25, 0.3) is 5.65 Å². The maximum absolute atomic E-state index is 14.8. The number of amides is 2. The smallest absolute Gasteiger partial charge is 0.293 e. The first-order valence-electron chi connectivity index (χ1n) is 14.1. The fraction of sp³-hybridized carbons (Fsp3) is 0.367. The Labute approximate surface area is 240 Å². The number of anilines is 2. The molecule has 216 valence electrons. The maximum atomic E-state index is 14.8. The third-order valence-corrected chi connectivity index (χ3v) is 8.83. The first kappa shape index (κ1) is 26.4. The lowest BCUT2D eigenvalue weighted by molar-refractivity contribution is -0.135. The normalized spacial score (nSPS) is 21.9. The zero-order valence-corrected chi connectivity index (χ0v) is 22.7. The van der Waals surface area contributed by atoms with Gasteiger partial charge < -0.3 is 20.2 Å². The van der Waals surface area contributed by atoms with E-state index < -0.39 is 24.1 Å². The SMILES string of the molecule is O=C(Nc1ccc(C2CCN(C(=O)CO)CC2)cc1)c1nnc2cnc(N3CC4CC4[C@@H]3c3cc(F)ccc3F)cn12. The second kappa shape index (κ2) is 10.4. The molecule has 2 aromatic heterocycles. The number of nitrogens with zero attached hydrogens (tertiary/aromatic N) is 6. The standard InChI is InChI=1S/C30H29F2N7O3/c31-20-3-6-24(32)23(12-20)28-22-11-19(22)14-38(28)26-15-39-25(13-33-26)35-36-29(39)30(42)34-21-4-1-17(2-5-21)18-7-9-37(10-8-18)27(41)16-40/h1-6,12-13,15,18-19,22,28,40H,7-11,14,16H2,(H,34,42)/t19?,22?,28-/m1/s1. The highest BCUT2D eigenvalue weighted by molar-refractivity contribution is 6.02. The number of halogens is 2. The summed E-state index contributed by atoms with van der Waals surface area (Å²) < 4.78 is 30.4. The highest BCUT2D eigenvalue weighted by Gasteiger charge is 2.54. The number of hydrogen-bond acceptors (Lipinski definition) is 7. The van der Waals surface area contributed by atoms with E-state index in [1.807, 2.05) is 29.2 Å². The predicted molar refractivity (Wildman–Crippen MR) is 149 cm³/mol. The quantitative estimate of drug-likeness (QED) is 0.363. The summed E-state index contributed by atoms with van der Waals surface area (Å²) in [7, 11) is 0. The van der Waals surface area contributed by atoms with E-state index in [0.717, 1.165) is 37.0 Å². The van der Waals surface area contributed by atoms with Gasteiger partial charge >= 0.3 is 0 Å². The number of fused-ring (bicyclic) bond motifs is 2. The molecule has 10 nitrogen and oxygen atoms in total. The number of aliphatic hydroxyl groups excluding tert-OH is 1. The number of aromatic nitrogens is 4. The van der Waals surface area contributed by atoms with Crippen molar-refractivity contribution in [2.75, 3.05) is 36.5 Å². The van der Waals surface area contributed by atoms with Gasteiger partial charge in [0.1, 0.15) is 24.1 Å². The van der Waals surface area contributed by atoms with E-state index in [0.29, 0.717) is 54.2 Å². The molecule has 3 atom stereocenters. The van der Waals surface area contributed by atoms with Crippen LogP contribution in [0.4, 0.5) is 20.3 Å². The summed E-state index contributed by atoms with van der Waals surface area (Å²) in [5.41, 5.74) is 2.43. The number of carbonyl (C=O) groups excluding carboxylic acids is 2. The van der Waals surface area contributed by atoms with E-state index in [1.54, 1.807) is 15.5 Å². The highest BCUT2D eigenvalue weighted by atomic mass is 19.1. The van der Waals surface area contributed by atoms with Crippen molar-refractivity contribution < 1.29 is 23.5 Å². The van der Waals surface area contributed by atoms with Crippen LogP contribution in [0.2, 0.25) is 0 Å². The molecule has 0 radical (unpaired) electrons. The fourth-order valence-electron chi connectivity index (χ4n) is 6.52. The molecule has 42 heavy (non-hydrogen) atoms. The molecule has 3 aliphatic rings. The average molecular weight is 574 g/mol. The minimum absolute atomic E-state index is 0.0801. The summed E-state index contributed by atoms with van der Waals surface area (Å²) in [6.45, 7) is 1.41. The lowest BCUT2D eigenvalue weighted by Crippen LogP contribution is -2.39. The minimum atomic E-state index is -0.482. The molecule has 0 bridgehead atoms. The predicted octanol–water partition coefficient (Wildman–Crippen LogP) is 3.55. The molecule has 4 heterocycles. The van der Waals surface area contributed by atoms with Gasteiger partial charge in [-0.15, -0.1) is 10.2 Å². The molecule has 2 unspecified atom stereocenters. The molecule has 0 spiro atoms. The first-order chi connectivity index (χ1) is 20.4. The Balaban J connectivity index is 1.08. The van der Waals surface area contributed by atoms with Crippen LogP contribution in [0.3, 0.4) is 0 Å². The number of piperidine rings is 2. The highest BCUT2D eigenvalue weighted by Crippen LogP contribution is 2.57. The Bertz CT molecular complexity index is 1670. The Kier molecular flexibility index (Phi) is 6.57. The van der Waals surface area contributed by atoms with Crippen molar-refractivity contribution in [1.29, 1.82) is 0 Å². The molecule has 12 heteroatoms. The van der Waals surface area contributed by atoms with E-state index >= 15 is 0 Å². The molecule has 2 N–H and O–H groups in total. The summed E-state index contributed by atoms with van der Waals surface area (Å²) >= 11 is 0. The van der Waals surface area contributed by atoms with E-state index in [9.17, 15) is 18.4 Å². The number of benzene rings is 2. The van der Waals surface area contributed by atoms with Gasteiger partial charge in [-0.3, -0.25) is 14.0 Å². The molecule has 3 fully saturated rings. The van der Waals surface area contributed by atoms with Crippen LogP contribution in [0.5, 0.6) is 0 Å². The molecule has 4 aromatic rings. The Morgan fingerprint density at radius 2 is 1.83 bits per heavy atom. The number of aliphatic hydroxyl groups is 1. The number of rotatable bonds is 6. The second-order valence-electron chi connectivity index (χ2n) is 11.3. The third-order valence-electron chi connectivity index (χ3n) is 8.83. The van der Waals surface area contributed by atoms with Gasteiger partial charge in [0.05, 0.1) is 18.4 Å². The molecular formula is C30H29F2N7O3. The van der Waals surface area contributed by atoms with Gasteiger partial charge in [-0.05, 0) is 72.9 Å². The van der Waals surface area contributed by atoms with Gasteiger partial charge in [0, 0.05) is 30.9 Å². The van der Waals surface area contributed by atoms with E-state index in [4.69, 9.17) is 5.11 Å². The van der Waals surface area contributed by atoms with Gasteiger partial charge in [0.2, 0.25) is 11.7 Å². The topological polar surface area (TPSA) is 116 Å². The second-order valence-corrected chi connectivity index (χ2v) is 11.3. The van der Waals surface area contributed by atoms with Crippen LogP contribution in [0, 0.1) is 23.5 Å². The Morgan fingerprint density at radius 1 is 1.05 bits per heavy atom. The van der Waals surface area contributed by atoms with Gasteiger partial charge in [0.25, 0.3) is 5.91 Å². The zero-order chi connectivity index (χ0) is 29.0. The fourth-order valence-corrected chi connectivity index (χ4v) is 6.52. The number of likely N-dealkylation sites (tertiary alicyclic amines) is 1. The number of hydrogen-bond donors (Lipinski definition) is 2. The molecule has 1 saturated carbocycles. The minimum Gasteiger partial charge on any atom is -0.387 e. The van der Waals surface area contributed by atoms with Crippen molar-refractivity contribution in [3.63, 3.8) is 0 Å². The number of nitrogens with one attached hydrogen (secondary N) is 1. The van der Waals surface area contributed by atoms with E-state index in [1.165, 1.54) is 12.3 Å². The molecular weight excluding hydrogens is 544 g/mol. The van der Waals surface area contributed by atoms with Crippen molar-refractivity contribution in [3.8, 4) is 0 Å². The summed E-state index contributed by atoms with van der Waals surface area (Å²) in [5, 5.41) is 20.1. The molecule has 7 rings (SSSR count). The largest absolute Gasteiger partial charge is 0.387 e. The van der Waals surface area contributed by atoms with Crippen molar-refractivity contribution >= 4 is 29.0 Å². The van der Waals surface area contributed by atoms with Crippen LogP contribution >= 0.6 is 0 Å². The van der Waals surface area contributed by atoms with Gasteiger partial charge in [0.15, 0.2) is 5.65 Å². The third kappa shape index (κ3) is 4.75. The van der Waals surface area contributed by atoms with Crippen molar-refractivity contribution in [1.82, 2.24) is 24.5 Å². The maximum Gasteiger partial charge on any atom is 0.293 e. The Hall–Kier alpha value is -4.45.